The number of aromatic nitrogens is 5. The summed E-state index contributed by atoms with van der Waals surface area (Å²) in [6.45, 7) is 11.6. The molecule has 8 heteroatoms. The van der Waals surface area contributed by atoms with E-state index in [4.69, 9.17) is 4.52 Å². The molecule has 0 unspecified atom stereocenters. The van der Waals surface area contributed by atoms with Crippen LogP contribution in [0, 0.1) is 13.8 Å². The third kappa shape index (κ3) is 3.72. The molecule has 1 aliphatic rings. The fourth-order valence-electron chi connectivity index (χ4n) is 3.72. The molecule has 0 aliphatic carbocycles. The molecule has 0 bridgehead atoms. The van der Waals surface area contributed by atoms with E-state index < -0.39 is 0 Å². The highest BCUT2D eigenvalue weighted by molar-refractivity contribution is 7.09. The van der Waals surface area contributed by atoms with Gasteiger partial charge in [0.2, 0.25) is 0 Å². The number of hydrogen-bond acceptors (Lipinski definition) is 7. The van der Waals surface area contributed by atoms with Crippen molar-refractivity contribution < 1.29 is 4.52 Å². The van der Waals surface area contributed by atoms with Crippen LogP contribution in [-0.2, 0) is 13.1 Å². The summed E-state index contributed by atoms with van der Waals surface area (Å²) in [4.78, 5) is 3.50. The summed E-state index contributed by atoms with van der Waals surface area (Å²) in [5, 5.41) is 12.9. The third-order valence-corrected chi connectivity index (χ3v) is 5.91. The van der Waals surface area contributed by atoms with Crippen molar-refractivity contribution in [1.29, 1.82) is 0 Å². The molecule has 0 spiro atoms. The number of allylic oxidation sites excluding steroid dienone is 1. The van der Waals surface area contributed by atoms with Crippen molar-refractivity contribution in [3.05, 3.63) is 47.6 Å². The summed E-state index contributed by atoms with van der Waals surface area (Å²) < 4.78 is 11.6. The Labute approximate surface area is 162 Å². The molecule has 1 atom stereocenters. The van der Waals surface area contributed by atoms with E-state index in [2.05, 4.69) is 38.2 Å². The Hall–Kier alpha value is -2.32. The molecule has 7 nitrogen and oxygen atoms in total. The molecule has 1 fully saturated rings. The lowest BCUT2D eigenvalue weighted by Crippen LogP contribution is -2.34. The molecule has 1 saturated heterocycles. The number of rotatable bonds is 6. The average Bonchev–Trinajstić information content (AvgIpc) is 3.38. The van der Waals surface area contributed by atoms with Gasteiger partial charge in [0, 0.05) is 36.3 Å². The summed E-state index contributed by atoms with van der Waals surface area (Å²) in [7, 11) is 0. The zero-order valence-corrected chi connectivity index (χ0v) is 16.6. The summed E-state index contributed by atoms with van der Waals surface area (Å²) in [6, 6.07) is 1.96. The zero-order valence-electron chi connectivity index (χ0n) is 15.8. The highest BCUT2D eigenvalue weighted by Gasteiger charge is 2.28. The Morgan fingerprint density at radius 2 is 2.30 bits per heavy atom. The fraction of sp³-hybridized carbons (Fsp3) is 0.474. The first-order valence-corrected chi connectivity index (χ1v) is 10.0. The Balaban J connectivity index is 1.49. The SMILES string of the molecule is C=CCn1ncc(CN2CCC[C@H](c3nnsc3-c3cc(C)no3)C2)c1C. The van der Waals surface area contributed by atoms with Gasteiger partial charge in [0.15, 0.2) is 5.76 Å². The lowest BCUT2D eigenvalue weighted by atomic mass is 9.93. The van der Waals surface area contributed by atoms with E-state index in [0.29, 0.717) is 5.92 Å². The quantitative estimate of drug-likeness (QED) is 0.605. The first-order chi connectivity index (χ1) is 13.2. The van der Waals surface area contributed by atoms with Crippen LogP contribution in [0.25, 0.3) is 10.6 Å². The van der Waals surface area contributed by atoms with Gasteiger partial charge >= 0.3 is 0 Å². The highest BCUT2D eigenvalue weighted by atomic mass is 32.1. The van der Waals surface area contributed by atoms with Crippen molar-refractivity contribution in [3.8, 4) is 10.6 Å². The molecular formula is C19H24N6OS. The number of nitrogens with zero attached hydrogens (tertiary/aromatic N) is 6. The lowest BCUT2D eigenvalue weighted by Gasteiger charge is -2.32. The smallest absolute Gasteiger partial charge is 0.180 e. The number of hydrogen-bond donors (Lipinski definition) is 0. The maximum absolute atomic E-state index is 5.45. The van der Waals surface area contributed by atoms with Gasteiger partial charge in [-0.3, -0.25) is 9.58 Å². The van der Waals surface area contributed by atoms with Gasteiger partial charge in [-0.25, -0.2) is 0 Å². The predicted molar refractivity (Wildman–Crippen MR) is 105 cm³/mol. The van der Waals surface area contributed by atoms with E-state index in [0.717, 1.165) is 61.0 Å². The van der Waals surface area contributed by atoms with Gasteiger partial charge in [-0.15, -0.1) is 11.7 Å². The van der Waals surface area contributed by atoms with Crippen LogP contribution >= 0.6 is 11.5 Å². The van der Waals surface area contributed by atoms with Gasteiger partial charge in [0.25, 0.3) is 0 Å². The van der Waals surface area contributed by atoms with Gasteiger partial charge in [0.1, 0.15) is 4.88 Å². The molecule has 4 rings (SSSR count). The van der Waals surface area contributed by atoms with Crippen LogP contribution in [0.3, 0.4) is 0 Å². The van der Waals surface area contributed by atoms with E-state index in [1.165, 1.54) is 22.8 Å². The molecule has 0 saturated carbocycles. The van der Waals surface area contributed by atoms with Crippen LogP contribution in [0.15, 0.2) is 29.4 Å². The first-order valence-electron chi connectivity index (χ1n) is 9.26. The van der Waals surface area contributed by atoms with Crippen LogP contribution in [-0.4, -0.2) is 42.5 Å². The molecule has 142 valence electrons. The van der Waals surface area contributed by atoms with Crippen LogP contribution in [0.4, 0.5) is 0 Å². The standard InChI is InChI=1S/C19H24N6OS/c1-4-7-25-14(3)16(10-20-25)12-24-8-5-6-15(11-24)18-19(27-23-21-18)17-9-13(2)22-26-17/h4,9-10,15H,1,5-8,11-12H2,2-3H3/t15-/m0/s1. The molecule has 0 amide bonds. The van der Waals surface area contributed by atoms with Crippen molar-refractivity contribution >= 4 is 11.5 Å². The Kier molecular flexibility index (Phi) is 5.18. The van der Waals surface area contributed by atoms with E-state index in [1.807, 2.05) is 29.9 Å². The Morgan fingerprint density at radius 1 is 1.41 bits per heavy atom. The minimum atomic E-state index is 0.362. The highest BCUT2D eigenvalue weighted by Crippen LogP contribution is 2.35. The van der Waals surface area contributed by atoms with Gasteiger partial charge in [0.05, 0.1) is 24.1 Å². The van der Waals surface area contributed by atoms with Gasteiger partial charge in [-0.2, -0.15) is 5.10 Å². The van der Waals surface area contributed by atoms with Crippen molar-refractivity contribution in [3.63, 3.8) is 0 Å². The van der Waals surface area contributed by atoms with Gasteiger partial charge in [-0.05, 0) is 44.8 Å². The molecule has 0 radical (unpaired) electrons. The topological polar surface area (TPSA) is 72.9 Å². The summed E-state index contributed by atoms with van der Waals surface area (Å²) >= 11 is 1.39. The van der Waals surface area contributed by atoms with Gasteiger partial charge in [-0.1, -0.05) is 15.7 Å². The minimum Gasteiger partial charge on any atom is -0.355 e. The zero-order chi connectivity index (χ0) is 18.8. The maximum atomic E-state index is 5.45. The molecule has 0 aromatic carbocycles. The first kappa shape index (κ1) is 18.1. The van der Waals surface area contributed by atoms with E-state index in [9.17, 15) is 0 Å². The third-order valence-electron chi connectivity index (χ3n) is 5.16. The molecule has 3 aromatic rings. The number of likely N-dealkylation sites (tertiary alicyclic amines) is 1. The second-order valence-corrected chi connectivity index (χ2v) is 7.87. The lowest BCUT2D eigenvalue weighted by molar-refractivity contribution is 0.198. The Morgan fingerprint density at radius 3 is 3.07 bits per heavy atom. The summed E-state index contributed by atoms with van der Waals surface area (Å²) in [6.07, 6.45) is 6.13. The fourth-order valence-corrected chi connectivity index (χ4v) is 4.41. The van der Waals surface area contributed by atoms with E-state index in [1.54, 1.807) is 0 Å². The van der Waals surface area contributed by atoms with Crippen LogP contribution in [0.1, 0.15) is 41.4 Å². The van der Waals surface area contributed by atoms with Gasteiger partial charge < -0.3 is 4.52 Å². The molecule has 0 N–H and O–H groups in total. The van der Waals surface area contributed by atoms with E-state index >= 15 is 0 Å². The second kappa shape index (κ2) is 7.74. The van der Waals surface area contributed by atoms with E-state index in [-0.39, 0.29) is 0 Å². The number of aryl methyl sites for hydroxylation is 1. The number of piperidine rings is 1. The normalized spacial score (nSPS) is 18.1. The molecule has 27 heavy (non-hydrogen) atoms. The second-order valence-electron chi connectivity index (χ2n) is 7.12. The Bertz CT molecular complexity index is 926. The van der Waals surface area contributed by atoms with Crippen LogP contribution in [0.5, 0.6) is 0 Å². The molecule has 1 aliphatic heterocycles. The van der Waals surface area contributed by atoms with Crippen LogP contribution < -0.4 is 0 Å². The molecule has 4 heterocycles. The van der Waals surface area contributed by atoms with Crippen molar-refractivity contribution in [1.82, 2.24) is 29.4 Å². The molecule has 3 aromatic heterocycles. The van der Waals surface area contributed by atoms with Crippen LogP contribution in [0.2, 0.25) is 0 Å². The predicted octanol–water partition coefficient (Wildman–Crippen LogP) is 3.57. The van der Waals surface area contributed by atoms with Crippen molar-refractivity contribution in [2.75, 3.05) is 13.1 Å². The monoisotopic (exact) mass is 384 g/mol. The largest absolute Gasteiger partial charge is 0.355 e. The molecular weight excluding hydrogens is 360 g/mol. The maximum Gasteiger partial charge on any atom is 0.180 e. The minimum absolute atomic E-state index is 0.362. The summed E-state index contributed by atoms with van der Waals surface area (Å²) in [5.41, 5.74) is 4.41. The van der Waals surface area contributed by atoms with Crippen molar-refractivity contribution in [2.45, 2.75) is 45.7 Å². The summed E-state index contributed by atoms with van der Waals surface area (Å²) in [5.74, 6) is 1.14. The average molecular weight is 385 g/mol. The van der Waals surface area contributed by atoms with Crippen molar-refractivity contribution in [2.24, 2.45) is 0 Å².